The van der Waals surface area contributed by atoms with Crippen LogP contribution in [0.3, 0.4) is 0 Å². The molecule has 1 rings (SSSR count). The number of alkyl carbamates (subject to hydrolysis) is 1. The number of carbonyl (C=O) groups is 2. The van der Waals surface area contributed by atoms with Crippen LogP contribution >= 0.6 is 0 Å². The molecule has 0 heterocycles. The Balaban J connectivity index is 2.38. The lowest BCUT2D eigenvalue weighted by Crippen LogP contribution is -2.41. The highest BCUT2D eigenvalue weighted by molar-refractivity contribution is 5.68. The molecule has 0 bridgehead atoms. The fourth-order valence-electron chi connectivity index (χ4n) is 2.33. The SMILES string of the molecule is CC(C)(C)OC(=O)N[C@@H]1CCC[C@@H](CC(=O)O)C1. The molecule has 1 aliphatic carbocycles. The maximum Gasteiger partial charge on any atom is 0.407 e. The van der Waals surface area contributed by atoms with E-state index in [1.54, 1.807) is 0 Å². The zero-order valence-corrected chi connectivity index (χ0v) is 11.4. The number of aliphatic carboxylic acids is 1. The number of amides is 1. The summed E-state index contributed by atoms with van der Waals surface area (Å²) in [5, 5.41) is 11.6. The summed E-state index contributed by atoms with van der Waals surface area (Å²) in [6.07, 6.45) is 3.29. The van der Waals surface area contributed by atoms with E-state index in [2.05, 4.69) is 5.32 Å². The summed E-state index contributed by atoms with van der Waals surface area (Å²) in [5.74, 6) is -0.603. The van der Waals surface area contributed by atoms with Crippen LogP contribution in [0.2, 0.25) is 0 Å². The second kappa shape index (κ2) is 6.07. The number of ether oxygens (including phenoxy) is 1. The number of carboxylic acids is 1. The van der Waals surface area contributed by atoms with Crippen molar-refractivity contribution in [2.45, 2.75) is 64.5 Å². The van der Waals surface area contributed by atoms with Crippen molar-refractivity contribution < 1.29 is 19.4 Å². The van der Waals surface area contributed by atoms with Gasteiger partial charge in [0.25, 0.3) is 0 Å². The van der Waals surface area contributed by atoms with Gasteiger partial charge in [-0.1, -0.05) is 6.42 Å². The summed E-state index contributed by atoms with van der Waals surface area (Å²) in [7, 11) is 0. The lowest BCUT2D eigenvalue weighted by atomic mass is 9.84. The number of hydrogen-bond donors (Lipinski definition) is 2. The zero-order valence-electron chi connectivity index (χ0n) is 11.4. The molecule has 0 aromatic heterocycles. The second-order valence-electron chi connectivity index (χ2n) is 5.97. The molecular weight excluding hydrogens is 234 g/mol. The first kappa shape index (κ1) is 14.8. The summed E-state index contributed by atoms with van der Waals surface area (Å²) in [4.78, 5) is 22.3. The third-order valence-corrected chi connectivity index (χ3v) is 2.97. The van der Waals surface area contributed by atoms with Gasteiger partial charge < -0.3 is 15.2 Å². The molecule has 5 nitrogen and oxygen atoms in total. The van der Waals surface area contributed by atoms with E-state index in [1.165, 1.54) is 0 Å². The number of nitrogens with one attached hydrogen (secondary N) is 1. The Labute approximate surface area is 108 Å². The fourth-order valence-corrected chi connectivity index (χ4v) is 2.33. The summed E-state index contributed by atoms with van der Waals surface area (Å²) >= 11 is 0. The van der Waals surface area contributed by atoms with Crippen molar-refractivity contribution in [1.82, 2.24) is 5.32 Å². The Hall–Kier alpha value is -1.26. The van der Waals surface area contributed by atoms with Crippen LogP contribution in [0.25, 0.3) is 0 Å². The molecule has 0 spiro atoms. The predicted molar refractivity (Wildman–Crippen MR) is 67.4 cm³/mol. The lowest BCUT2D eigenvalue weighted by Gasteiger charge is -2.30. The first-order valence-electron chi connectivity index (χ1n) is 6.47. The third kappa shape index (κ3) is 5.89. The standard InChI is InChI=1S/C13H23NO4/c1-13(2,3)18-12(17)14-10-6-4-5-9(7-10)8-11(15)16/h9-10H,4-8H2,1-3H3,(H,14,17)(H,15,16)/t9-,10-/m1/s1. The van der Waals surface area contributed by atoms with E-state index < -0.39 is 17.7 Å². The van der Waals surface area contributed by atoms with Gasteiger partial charge in [0, 0.05) is 12.5 Å². The van der Waals surface area contributed by atoms with Gasteiger partial charge in [0.05, 0.1) is 0 Å². The highest BCUT2D eigenvalue weighted by Crippen LogP contribution is 2.27. The number of carboxylic acid groups (broad SMARTS) is 1. The number of rotatable bonds is 3. The lowest BCUT2D eigenvalue weighted by molar-refractivity contribution is -0.138. The molecule has 0 radical (unpaired) electrons. The van der Waals surface area contributed by atoms with Crippen LogP contribution in [0, 0.1) is 5.92 Å². The molecule has 1 aliphatic rings. The van der Waals surface area contributed by atoms with Crippen LogP contribution in [-0.4, -0.2) is 28.8 Å². The van der Waals surface area contributed by atoms with Crippen molar-refractivity contribution in [3.05, 3.63) is 0 Å². The molecule has 1 fully saturated rings. The zero-order chi connectivity index (χ0) is 13.8. The van der Waals surface area contributed by atoms with E-state index in [9.17, 15) is 9.59 Å². The van der Waals surface area contributed by atoms with Crippen LogP contribution in [-0.2, 0) is 9.53 Å². The Kier molecular flexibility index (Phi) is 4.99. The molecule has 0 saturated heterocycles. The van der Waals surface area contributed by atoms with Gasteiger partial charge in [-0.05, 0) is 46.0 Å². The largest absolute Gasteiger partial charge is 0.481 e. The highest BCUT2D eigenvalue weighted by Gasteiger charge is 2.26. The molecule has 0 unspecified atom stereocenters. The molecule has 0 aliphatic heterocycles. The summed E-state index contributed by atoms with van der Waals surface area (Å²) in [5.41, 5.74) is -0.501. The summed E-state index contributed by atoms with van der Waals surface area (Å²) < 4.78 is 5.19. The minimum Gasteiger partial charge on any atom is -0.481 e. The van der Waals surface area contributed by atoms with Gasteiger partial charge in [-0.2, -0.15) is 0 Å². The first-order chi connectivity index (χ1) is 8.26. The van der Waals surface area contributed by atoms with Crippen LogP contribution < -0.4 is 5.32 Å². The normalized spacial score (nSPS) is 24.4. The Bertz CT molecular complexity index is 309. The molecule has 5 heteroatoms. The van der Waals surface area contributed by atoms with E-state index in [-0.39, 0.29) is 18.4 Å². The van der Waals surface area contributed by atoms with Crippen LogP contribution in [0.1, 0.15) is 52.9 Å². The van der Waals surface area contributed by atoms with E-state index in [0.29, 0.717) is 0 Å². The van der Waals surface area contributed by atoms with Gasteiger partial charge in [-0.25, -0.2) is 4.79 Å². The first-order valence-corrected chi connectivity index (χ1v) is 6.47. The highest BCUT2D eigenvalue weighted by atomic mass is 16.6. The minimum atomic E-state index is -0.766. The van der Waals surface area contributed by atoms with Crippen LogP contribution in [0.5, 0.6) is 0 Å². The monoisotopic (exact) mass is 257 g/mol. The Morgan fingerprint density at radius 1 is 1.33 bits per heavy atom. The van der Waals surface area contributed by atoms with Crippen molar-refractivity contribution in [2.24, 2.45) is 5.92 Å². The van der Waals surface area contributed by atoms with Gasteiger partial charge in [0.15, 0.2) is 0 Å². The van der Waals surface area contributed by atoms with Gasteiger partial charge in [0.2, 0.25) is 0 Å². The molecule has 0 aromatic carbocycles. The maximum absolute atomic E-state index is 11.6. The van der Waals surface area contributed by atoms with Crippen molar-refractivity contribution in [2.75, 3.05) is 0 Å². The van der Waals surface area contributed by atoms with Gasteiger partial charge >= 0.3 is 12.1 Å². The predicted octanol–water partition coefficient (Wildman–Crippen LogP) is 2.54. The van der Waals surface area contributed by atoms with E-state index in [1.807, 2.05) is 20.8 Å². The molecule has 0 aromatic rings. The molecular formula is C13H23NO4. The van der Waals surface area contributed by atoms with Crippen LogP contribution in [0.4, 0.5) is 4.79 Å². The Morgan fingerprint density at radius 3 is 2.56 bits per heavy atom. The van der Waals surface area contributed by atoms with Gasteiger partial charge in [-0.15, -0.1) is 0 Å². The topological polar surface area (TPSA) is 75.6 Å². The Morgan fingerprint density at radius 2 is 2.00 bits per heavy atom. The third-order valence-electron chi connectivity index (χ3n) is 2.97. The smallest absolute Gasteiger partial charge is 0.407 e. The van der Waals surface area contributed by atoms with E-state index in [0.717, 1.165) is 25.7 Å². The van der Waals surface area contributed by atoms with Gasteiger partial charge in [-0.3, -0.25) is 4.79 Å². The number of carbonyl (C=O) groups excluding carboxylic acids is 1. The van der Waals surface area contributed by atoms with E-state index in [4.69, 9.17) is 9.84 Å². The molecule has 1 amide bonds. The second-order valence-corrected chi connectivity index (χ2v) is 5.97. The average molecular weight is 257 g/mol. The van der Waals surface area contributed by atoms with E-state index >= 15 is 0 Å². The van der Waals surface area contributed by atoms with Crippen molar-refractivity contribution >= 4 is 12.1 Å². The summed E-state index contributed by atoms with van der Waals surface area (Å²) in [6, 6.07) is 0.0398. The maximum atomic E-state index is 11.6. The van der Waals surface area contributed by atoms with Crippen molar-refractivity contribution in [3.8, 4) is 0 Å². The quantitative estimate of drug-likeness (QED) is 0.814. The molecule has 1 saturated carbocycles. The molecule has 18 heavy (non-hydrogen) atoms. The fraction of sp³-hybridized carbons (Fsp3) is 0.846. The average Bonchev–Trinajstić information content (AvgIpc) is 2.13. The number of hydrogen-bond acceptors (Lipinski definition) is 3. The minimum absolute atomic E-state index is 0.0398. The van der Waals surface area contributed by atoms with Crippen molar-refractivity contribution in [1.29, 1.82) is 0 Å². The van der Waals surface area contributed by atoms with Crippen LogP contribution in [0.15, 0.2) is 0 Å². The molecule has 2 atom stereocenters. The summed E-state index contributed by atoms with van der Waals surface area (Å²) in [6.45, 7) is 5.46. The van der Waals surface area contributed by atoms with Crippen molar-refractivity contribution in [3.63, 3.8) is 0 Å². The molecule has 104 valence electrons. The van der Waals surface area contributed by atoms with Gasteiger partial charge in [0.1, 0.15) is 5.60 Å². The molecule has 2 N–H and O–H groups in total.